The second-order valence-corrected chi connectivity index (χ2v) is 12.1. The zero-order chi connectivity index (χ0) is 24.7. The summed E-state index contributed by atoms with van der Waals surface area (Å²) in [6.45, 7) is 4.69. The molecule has 4 fully saturated rings. The number of nitrogens with one attached hydrogen (secondary N) is 1. The zero-order valence-electron chi connectivity index (χ0n) is 21.9. The summed E-state index contributed by atoms with van der Waals surface area (Å²) in [5, 5.41) is 3.38. The second-order valence-electron chi connectivity index (χ2n) is 12.1. The van der Waals surface area contributed by atoms with Gasteiger partial charge in [-0.15, -0.1) is 0 Å². The second kappa shape index (κ2) is 10.00. The first-order valence-corrected chi connectivity index (χ1v) is 14.7. The highest BCUT2D eigenvalue weighted by Gasteiger charge is 2.45. The maximum Gasteiger partial charge on any atom is 0.410 e. The lowest BCUT2D eigenvalue weighted by atomic mass is 9.63. The maximum atomic E-state index is 12.6. The van der Waals surface area contributed by atoms with Crippen molar-refractivity contribution in [1.29, 1.82) is 0 Å². The van der Waals surface area contributed by atoms with E-state index < -0.39 is 0 Å². The minimum atomic E-state index is -0.0917. The van der Waals surface area contributed by atoms with Gasteiger partial charge in [-0.3, -0.25) is 4.79 Å². The first-order valence-electron chi connectivity index (χ1n) is 14.7. The molecule has 3 aliphatic heterocycles. The molecule has 200 valence electrons. The van der Waals surface area contributed by atoms with E-state index in [0.717, 1.165) is 58.0 Å². The van der Waals surface area contributed by atoms with Gasteiger partial charge in [0.25, 0.3) is 0 Å². The van der Waals surface area contributed by atoms with E-state index in [-0.39, 0.29) is 32.2 Å². The highest BCUT2D eigenvalue weighted by atomic mass is 16.6. The van der Waals surface area contributed by atoms with Crippen molar-refractivity contribution in [2.75, 3.05) is 19.7 Å². The fraction of sp³-hybridized carbons (Fsp3) is 0.733. The highest BCUT2D eigenvalue weighted by molar-refractivity contribution is 5.81. The normalized spacial score (nSPS) is 31.9. The van der Waals surface area contributed by atoms with Crippen LogP contribution in [-0.2, 0) is 14.9 Å². The Morgan fingerprint density at radius 3 is 2.19 bits per heavy atom. The Morgan fingerprint density at radius 1 is 0.917 bits per heavy atom. The molecule has 3 heterocycles. The number of rotatable bonds is 4. The Balaban J connectivity index is 0.00000168. The van der Waals surface area contributed by atoms with Crippen molar-refractivity contribution < 1.29 is 17.2 Å². The van der Waals surface area contributed by atoms with Crippen LogP contribution in [0.5, 0.6) is 0 Å². The van der Waals surface area contributed by atoms with Gasteiger partial charge in [0.15, 0.2) is 0 Å². The van der Waals surface area contributed by atoms with E-state index in [1.807, 2.05) is 6.92 Å². The molecule has 0 aromatic heterocycles. The fourth-order valence-electron chi connectivity index (χ4n) is 7.92. The molecule has 1 aromatic carbocycles. The summed E-state index contributed by atoms with van der Waals surface area (Å²) in [5.41, 5.74) is 3.13. The van der Waals surface area contributed by atoms with Crippen molar-refractivity contribution in [2.45, 2.75) is 114 Å². The van der Waals surface area contributed by atoms with Crippen LogP contribution >= 0.6 is 0 Å². The molecule has 5 aliphatic rings. The van der Waals surface area contributed by atoms with Crippen molar-refractivity contribution >= 4 is 12.0 Å². The van der Waals surface area contributed by atoms with Gasteiger partial charge in [-0.05, 0) is 114 Å². The highest BCUT2D eigenvalue weighted by Crippen LogP contribution is 2.49. The van der Waals surface area contributed by atoms with Gasteiger partial charge in [-0.25, -0.2) is 4.79 Å². The van der Waals surface area contributed by atoms with E-state index in [0.29, 0.717) is 24.7 Å². The van der Waals surface area contributed by atoms with Crippen LogP contribution < -0.4 is 5.32 Å². The summed E-state index contributed by atoms with van der Waals surface area (Å²) < 4.78 is 5.39. The Bertz CT molecular complexity index is 963. The number of hydrogen-bond acceptors (Lipinski definition) is 4. The van der Waals surface area contributed by atoms with E-state index in [1.165, 1.54) is 43.2 Å². The molecule has 2 aliphatic carbocycles. The smallest absolute Gasteiger partial charge is 0.410 e. The van der Waals surface area contributed by atoms with Crippen LogP contribution in [-0.4, -0.2) is 59.6 Å². The van der Waals surface area contributed by atoms with Crippen LogP contribution in [0.2, 0.25) is 0 Å². The Morgan fingerprint density at radius 2 is 1.56 bits per heavy atom. The third kappa shape index (κ3) is 4.55. The summed E-state index contributed by atoms with van der Waals surface area (Å²) >= 11 is 0. The minimum Gasteiger partial charge on any atom is -0.450 e. The monoisotopic (exact) mass is 497 g/mol. The van der Waals surface area contributed by atoms with Crippen molar-refractivity contribution in [3.05, 3.63) is 35.4 Å². The maximum absolute atomic E-state index is 12.6. The van der Waals surface area contributed by atoms with Crippen LogP contribution in [0.4, 0.5) is 4.79 Å². The molecule has 1 N–H and O–H groups in total. The number of hydrogen-bond donors (Lipinski definition) is 1. The molecule has 1 spiro atoms. The zero-order valence-corrected chi connectivity index (χ0v) is 21.9. The molecule has 2 bridgehead atoms. The number of carbonyl (C=O) groups excluding carboxylic acids is 2. The van der Waals surface area contributed by atoms with Crippen molar-refractivity contribution in [3.8, 4) is 0 Å². The van der Waals surface area contributed by atoms with Gasteiger partial charge in [0, 0.05) is 26.9 Å². The predicted octanol–water partition coefficient (Wildman–Crippen LogP) is 5.81. The van der Waals surface area contributed by atoms with Crippen molar-refractivity contribution in [3.63, 3.8) is 0 Å². The molecule has 3 atom stereocenters. The van der Waals surface area contributed by atoms with Crippen LogP contribution in [0.3, 0.4) is 0 Å². The first-order chi connectivity index (χ1) is 17.6. The quantitative estimate of drug-likeness (QED) is 0.571. The summed E-state index contributed by atoms with van der Waals surface area (Å²) in [6.07, 6.45) is 13.5. The van der Waals surface area contributed by atoms with Gasteiger partial charge in [-0.1, -0.05) is 24.3 Å². The first kappa shape index (κ1) is 24.3. The largest absolute Gasteiger partial charge is 0.450 e. The molecule has 1 saturated carbocycles. The summed E-state index contributed by atoms with van der Waals surface area (Å²) in [7, 11) is 0. The molecule has 0 radical (unpaired) electrons. The number of likely N-dealkylation sites (tertiary alicyclic amines) is 1. The lowest BCUT2D eigenvalue weighted by Crippen LogP contribution is -2.51. The minimum absolute atomic E-state index is 0. The molecule has 3 saturated heterocycles. The number of piperidine rings is 1. The molecule has 6 rings (SSSR count). The SMILES string of the molecule is CCOC(=O)N1C2CCC(N3CCC4(CC[C@H](NC(=O)C5CC5)c5ccccc54)CC3)CCC1CC2.[HH].[HH]. The van der Waals surface area contributed by atoms with Gasteiger partial charge in [0.1, 0.15) is 0 Å². The van der Waals surface area contributed by atoms with Gasteiger partial charge in [-0.2, -0.15) is 0 Å². The molecule has 2 unspecified atom stereocenters. The third-order valence-electron chi connectivity index (χ3n) is 10.1. The van der Waals surface area contributed by atoms with E-state index in [1.54, 1.807) is 0 Å². The van der Waals surface area contributed by atoms with Gasteiger partial charge in [0.05, 0.1) is 12.6 Å². The summed E-state index contributed by atoms with van der Waals surface area (Å²) in [5.74, 6) is 0.528. The van der Waals surface area contributed by atoms with Gasteiger partial charge >= 0.3 is 6.09 Å². The topological polar surface area (TPSA) is 61.9 Å². The average molecular weight is 498 g/mol. The molecule has 2 amide bonds. The number of benzene rings is 1. The lowest BCUT2D eigenvalue weighted by Gasteiger charge is -2.49. The molecular weight excluding hydrogens is 450 g/mol. The van der Waals surface area contributed by atoms with Gasteiger partial charge < -0.3 is 19.9 Å². The fourth-order valence-corrected chi connectivity index (χ4v) is 7.92. The van der Waals surface area contributed by atoms with Crippen LogP contribution in [0.1, 0.15) is 104 Å². The number of carbonyl (C=O) groups is 2. The predicted molar refractivity (Wildman–Crippen MR) is 144 cm³/mol. The molecule has 6 nitrogen and oxygen atoms in total. The van der Waals surface area contributed by atoms with E-state index >= 15 is 0 Å². The Kier molecular flexibility index (Phi) is 6.74. The van der Waals surface area contributed by atoms with Gasteiger partial charge in [0.2, 0.25) is 5.91 Å². The van der Waals surface area contributed by atoms with Crippen molar-refractivity contribution in [2.24, 2.45) is 5.92 Å². The third-order valence-corrected chi connectivity index (χ3v) is 10.1. The van der Waals surface area contributed by atoms with E-state index in [2.05, 4.69) is 39.4 Å². The van der Waals surface area contributed by atoms with Crippen molar-refractivity contribution in [1.82, 2.24) is 15.1 Å². The van der Waals surface area contributed by atoms with Crippen LogP contribution in [0, 0.1) is 5.92 Å². The molecule has 36 heavy (non-hydrogen) atoms. The molecule has 6 heteroatoms. The number of ether oxygens (including phenoxy) is 1. The molecule has 1 aromatic rings. The summed E-state index contributed by atoms with van der Waals surface area (Å²) in [6, 6.07) is 10.5. The average Bonchev–Trinajstić information content (AvgIpc) is 3.65. The number of fused-ring (bicyclic) bond motifs is 4. The summed E-state index contributed by atoms with van der Waals surface area (Å²) in [4.78, 5) is 29.9. The Labute approximate surface area is 219 Å². The Hall–Kier alpha value is -2.08. The van der Waals surface area contributed by atoms with Crippen LogP contribution in [0.25, 0.3) is 0 Å². The standard InChI is InChI=1S/C30H43N3O3.2H2/c1-2-36-29(35)33-23-11-9-22(10-12-24(33)14-13-23)32-19-17-30(18-20-32)16-15-27(31-28(34)21-7-8-21)25-5-3-4-6-26(25)30;;/h3-6,21-24,27H,2,7-20H2,1H3,(H,31,34);2*1H/t22?,23?,24?,27-;;/m0../s1. The van der Waals surface area contributed by atoms with E-state index in [4.69, 9.17) is 4.74 Å². The molecular formula is C30H47N3O3. The number of amides is 2. The van der Waals surface area contributed by atoms with E-state index in [9.17, 15) is 9.59 Å². The number of nitrogens with zero attached hydrogens (tertiary/aromatic N) is 2. The lowest BCUT2D eigenvalue weighted by molar-refractivity contribution is -0.123. The van der Waals surface area contributed by atoms with Crippen LogP contribution in [0.15, 0.2) is 24.3 Å².